The molecular formula is C20H29NO3S. The molecule has 5 heteroatoms. The first-order valence-corrected chi connectivity index (χ1v) is 11.2. The van der Waals surface area contributed by atoms with Crippen LogP contribution >= 0.6 is 0 Å². The van der Waals surface area contributed by atoms with E-state index in [4.69, 9.17) is 0 Å². The number of benzene rings is 1. The van der Waals surface area contributed by atoms with Gasteiger partial charge in [0.15, 0.2) is 9.84 Å². The number of hydrogen-bond donors (Lipinski definition) is 0. The minimum atomic E-state index is -3.40. The van der Waals surface area contributed by atoms with Gasteiger partial charge in [0.25, 0.3) is 0 Å². The van der Waals surface area contributed by atoms with E-state index in [-0.39, 0.29) is 24.1 Å². The number of sulfone groups is 1. The van der Waals surface area contributed by atoms with Crippen molar-refractivity contribution in [1.29, 1.82) is 0 Å². The Kier molecular flexibility index (Phi) is 5.82. The zero-order valence-corrected chi connectivity index (χ0v) is 16.0. The van der Waals surface area contributed by atoms with Crippen molar-refractivity contribution in [3.05, 3.63) is 29.3 Å². The number of nitrogens with zero attached hydrogens (tertiary/aromatic N) is 1. The lowest BCUT2D eigenvalue weighted by molar-refractivity contribution is -0.131. The summed E-state index contributed by atoms with van der Waals surface area (Å²) in [5, 5.41) is 0. The highest BCUT2D eigenvalue weighted by atomic mass is 32.2. The van der Waals surface area contributed by atoms with Crippen LogP contribution in [0.4, 0.5) is 0 Å². The fourth-order valence-corrected chi connectivity index (χ4v) is 5.38. The van der Waals surface area contributed by atoms with E-state index in [0.717, 1.165) is 50.5 Å². The van der Waals surface area contributed by atoms with Gasteiger partial charge >= 0.3 is 0 Å². The number of amides is 1. The molecule has 1 fully saturated rings. The normalized spacial score (nSPS) is 18.6. The van der Waals surface area contributed by atoms with Crippen LogP contribution in [0.3, 0.4) is 0 Å². The average Bonchev–Trinajstić information content (AvgIpc) is 2.91. The molecule has 2 aliphatic carbocycles. The molecule has 1 aromatic rings. The van der Waals surface area contributed by atoms with E-state index >= 15 is 0 Å². The maximum absolute atomic E-state index is 12.6. The Morgan fingerprint density at radius 3 is 2.44 bits per heavy atom. The summed E-state index contributed by atoms with van der Waals surface area (Å²) in [4.78, 5) is 14.6. The molecule has 0 N–H and O–H groups in total. The third-order valence-corrected chi connectivity index (χ3v) is 7.49. The molecule has 0 unspecified atom stereocenters. The van der Waals surface area contributed by atoms with Crippen LogP contribution in [0.5, 0.6) is 0 Å². The molecule has 0 atom stereocenters. The van der Waals surface area contributed by atoms with Gasteiger partial charge in [-0.3, -0.25) is 4.79 Å². The standard InChI is InChI=1S/C20H29NO3S/c1-21(18-9-4-2-3-5-10-18)20(22)13-14-25(23,24)19-12-11-16-7-6-8-17(16)15-19/h11-12,15,18H,2-10,13-14H2,1H3. The highest BCUT2D eigenvalue weighted by Gasteiger charge is 2.24. The highest BCUT2D eigenvalue weighted by Crippen LogP contribution is 2.26. The number of aryl methyl sites for hydroxylation is 2. The lowest BCUT2D eigenvalue weighted by atomic mass is 10.1. The lowest BCUT2D eigenvalue weighted by Crippen LogP contribution is -2.37. The number of hydrogen-bond acceptors (Lipinski definition) is 3. The molecule has 0 heterocycles. The maximum Gasteiger partial charge on any atom is 0.223 e. The second kappa shape index (κ2) is 7.90. The first-order chi connectivity index (χ1) is 12.0. The van der Waals surface area contributed by atoms with Crippen LogP contribution in [0.15, 0.2) is 23.1 Å². The summed E-state index contributed by atoms with van der Waals surface area (Å²) < 4.78 is 25.2. The van der Waals surface area contributed by atoms with Crippen LogP contribution in [-0.2, 0) is 27.5 Å². The van der Waals surface area contributed by atoms with E-state index in [1.54, 1.807) is 11.0 Å². The molecule has 0 bridgehead atoms. The zero-order valence-electron chi connectivity index (χ0n) is 15.2. The fraction of sp³-hybridized carbons (Fsp3) is 0.650. The minimum absolute atomic E-state index is 0.0448. The van der Waals surface area contributed by atoms with E-state index in [0.29, 0.717) is 4.90 Å². The molecule has 0 radical (unpaired) electrons. The molecule has 1 aromatic carbocycles. The smallest absolute Gasteiger partial charge is 0.223 e. The van der Waals surface area contributed by atoms with Gasteiger partial charge in [0.1, 0.15) is 0 Å². The van der Waals surface area contributed by atoms with Crippen molar-refractivity contribution in [1.82, 2.24) is 4.90 Å². The molecule has 3 rings (SSSR count). The second-order valence-electron chi connectivity index (χ2n) is 7.50. The van der Waals surface area contributed by atoms with Crippen LogP contribution in [0.2, 0.25) is 0 Å². The Balaban J connectivity index is 1.60. The Bertz CT molecular complexity index is 718. The Morgan fingerprint density at radius 1 is 1.04 bits per heavy atom. The quantitative estimate of drug-likeness (QED) is 0.752. The molecule has 0 saturated heterocycles. The largest absolute Gasteiger partial charge is 0.343 e. The number of rotatable bonds is 5. The van der Waals surface area contributed by atoms with Crippen molar-refractivity contribution in [2.75, 3.05) is 12.8 Å². The van der Waals surface area contributed by atoms with Crippen molar-refractivity contribution in [3.8, 4) is 0 Å². The van der Waals surface area contributed by atoms with E-state index in [9.17, 15) is 13.2 Å². The van der Waals surface area contributed by atoms with Gasteiger partial charge in [-0.1, -0.05) is 31.7 Å². The van der Waals surface area contributed by atoms with Crippen molar-refractivity contribution in [2.45, 2.75) is 75.1 Å². The predicted molar refractivity (Wildman–Crippen MR) is 99.4 cm³/mol. The first-order valence-electron chi connectivity index (χ1n) is 9.57. The summed E-state index contributed by atoms with van der Waals surface area (Å²) in [6.07, 6.45) is 10.1. The lowest BCUT2D eigenvalue weighted by Gasteiger charge is -2.27. The molecular weight excluding hydrogens is 334 g/mol. The van der Waals surface area contributed by atoms with Crippen molar-refractivity contribution >= 4 is 15.7 Å². The average molecular weight is 364 g/mol. The molecule has 0 aromatic heterocycles. The molecule has 25 heavy (non-hydrogen) atoms. The van der Waals surface area contributed by atoms with Gasteiger partial charge in [0.05, 0.1) is 10.6 Å². The summed E-state index contributed by atoms with van der Waals surface area (Å²) in [5.74, 6) is -0.140. The molecule has 1 saturated carbocycles. The molecule has 2 aliphatic rings. The molecule has 138 valence electrons. The number of fused-ring (bicyclic) bond motifs is 1. The van der Waals surface area contributed by atoms with E-state index in [2.05, 4.69) is 0 Å². The molecule has 0 spiro atoms. The number of carbonyl (C=O) groups is 1. The minimum Gasteiger partial charge on any atom is -0.343 e. The topological polar surface area (TPSA) is 54.5 Å². The Labute approximate surface area is 151 Å². The predicted octanol–water partition coefficient (Wildman–Crippen LogP) is 3.52. The molecule has 4 nitrogen and oxygen atoms in total. The van der Waals surface area contributed by atoms with E-state index < -0.39 is 9.84 Å². The summed E-state index contributed by atoms with van der Waals surface area (Å²) in [5.41, 5.74) is 2.42. The van der Waals surface area contributed by atoms with E-state index in [1.807, 2.05) is 19.2 Å². The van der Waals surface area contributed by atoms with Gasteiger partial charge in [-0.25, -0.2) is 8.42 Å². The first kappa shape index (κ1) is 18.4. The van der Waals surface area contributed by atoms with Gasteiger partial charge in [0.2, 0.25) is 5.91 Å². The molecule has 1 amide bonds. The van der Waals surface area contributed by atoms with Gasteiger partial charge in [0, 0.05) is 19.5 Å². The van der Waals surface area contributed by atoms with Crippen LogP contribution < -0.4 is 0 Å². The van der Waals surface area contributed by atoms with Gasteiger partial charge in [-0.2, -0.15) is 0 Å². The number of carbonyl (C=O) groups excluding carboxylic acids is 1. The van der Waals surface area contributed by atoms with Crippen molar-refractivity contribution in [2.24, 2.45) is 0 Å². The monoisotopic (exact) mass is 363 g/mol. The Morgan fingerprint density at radius 2 is 1.72 bits per heavy atom. The van der Waals surface area contributed by atoms with Gasteiger partial charge in [-0.15, -0.1) is 0 Å². The Hall–Kier alpha value is -1.36. The zero-order chi connectivity index (χ0) is 17.9. The van der Waals surface area contributed by atoms with Crippen LogP contribution in [0.1, 0.15) is 62.5 Å². The fourth-order valence-electron chi connectivity index (χ4n) is 4.11. The van der Waals surface area contributed by atoms with Crippen molar-refractivity contribution < 1.29 is 13.2 Å². The van der Waals surface area contributed by atoms with E-state index in [1.165, 1.54) is 18.4 Å². The summed E-state index contributed by atoms with van der Waals surface area (Å²) in [7, 11) is -1.56. The highest BCUT2D eigenvalue weighted by molar-refractivity contribution is 7.91. The van der Waals surface area contributed by atoms with Crippen LogP contribution in [0.25, 0.3) is 0 Å². The summed E-state index contributed by atoms with van der Waals surface area (Å²) in [6.45, 7) is 0. The summed E-state index contributed by atoms with van der Waals surface area (Å²) in [6, 6.07) is 5.74. The second-order valence-corrected chi connectivity index (χ2v) is 9.61. The van der Waals surface area contributed by atoms with Crippen molar-refractivity contribution in [3.63, 3.8) is 0 Å². The summed E-state index contributed by atoms with van der Waals surface area (Å²) >= 11 is 0. The third-order valence-electron chi connectivity index (χ3n) is 5.78. The van der Waals surface area contributed by atoms with Gasteiger partial charge < -0.3 is 4.90 Å². The van der Waals surface area contributed by atoms with Crippen LogP contribution in [0, 0.1) is 0 Å². The molecule has 0 aliphatic heterocycles. The third kappa shape index (κ3) is 4.43. The van der Waals surface area contributed by atoms with Gasteiger partial charge in [-0.05, 0) is 55.4 Å². The SMILES string of the molecule is CN(C(=O)CCS(=O)(=O)c1ccc2c(c1)CCC2)C1CCCCCC1. The maximum atomic E-state index is 12.6. The van der Waals surface area contributed by atoms with Crippen LogP contribution in [-0.4, -0.2) is 38.1 Å².